The van der Waals surface area contributed by atoms with Gasteiger partial charge < -0.3 is 9.11 Å². The van der Waals surface area contributed by atoms with Gasteiger partial charge in [0, 0.05) is 0 Å². The summed E-state index contributed by atoms with van der Waals surface area (Å²) in [6, 6.07) is 0. The minimum Gasteiger partial charge on any atom is -0.726 e. The van der Waals surface area contributed by atoms with Crippen LogP contribution in [-0.2, 0) is 29.2 Å². The van der Waals surface area contributed by atoms with E-state index in [9.17, 15) is 25.9 Å². The van der Waals surface area contributed by atoms with Crippen molar-refractivity contribution in [1.29, 1.82) is 0 Å². The summed E-state index contributed by atoms with van der Waals surface area (Å²) >= 11 is 0. The Bertz CT molecular complexity index is 1080. The molecule has 8 nitrogen and oxygen atoms in total. The Labute approximate surface area is 223 Å². The average molecular weight is 561 g/mol. The van der Waals surface area contributed by atoms with E-state index in [0.29, 0.717) is 48.9 Å². The van der Waals surface area contributed by atoms with Gasteiger partial charge in [-0.1, -0.05) is 46.3 Å². The first-order valence-electron chi connectivity index (χ1n) is 14.0. The van der Waals surface area contributed by atoms with Crippen LogP contribution in [0.2, 0.25) is 0 Å². The standard InChI is InChI=1S/C27H46O8S2/c1-17(2)25(35-37(31,32)33)11-6-18(3)22-9-10-23-21-8-7-19-16-20(34-36(28,29)30)12-14-26(19,4)24(21)13-15-27(22,23)5/h7,17-18,20-25H,6,8-16H2,1-5H3,(H,28,29,30)(H,31,32,33)/p-2/t18-,20+,21+,22-,23+,24+,25+,26+,27-/m1/s1. The smallest absolute Gasteiger partial charge is 0.217 e. The number of fused-ring (bicyclic) bond motifs is 5. The molecule has 0 aromatic carbocycles. The van der Waals surface area contributed by atoms with Gasteiger partial charge in [0.25, 0.3) is 0 Å². The molecule has 0 radical (unpaired) electrons. The molecule has 0 heterocycles. The van der Waals surface area contributed by atoms with Gasteiger partial charge in [0.05, 0.1) is 12.2 Å². The van der Waals surface area contributed by atoms with Crippen molar-refractivity contribution in [2.24, 2.45) is 46.3 Å². The first-order valence-corrected chi connectivity index (χ1v) is 16.7. The lowest BCUT2D eigenvalue weighted by atomic mass is 9.47. The predicted octanol–water partition coefficient (Wildman–Crippen LogP) is 5.33. The van der Waals surface area contributed by atoms with Crippen molar-refractivity contribution in [3.63, 3.8) is 0 Å². The van der Waals surface area contributed by atoms with Gasteiger partial charge in [0.2, 0.25) is 20.8 Å². The molecule has 4 rings (SSSR count). The molecule has 0 bridgehead atoms. The van der Waals surface area contributed by atoms with Gasteiger partial charge in [0.1, 0.15) is 0 Å². The highest BCUT2D eigenvalue weighted by molar-refractivity contribution is 7.81. The maximum atomic E-state index is 11.2. The maximum Gasteiger partial charge on any atom is 0.217 e. The summed E-state index contributed by atoms with van der Waals surface area (Å²) in [7, 11) is -9.41. The van der Waals surface area contributed by atoms with Crippen LogP contribution in [0.3, 0.4) is 0 Å². The van der Waals surface area contributed by atoms with Crippen molar-refractivity contribution in [2.75, 3.05) is 0 Å². The number of rotatable bonds is 9. The van der Waals surface area contributed by atoms with Crippen molar-refractivity contribution in [2.45, 2.75) is 111 Å². The lowest BCUT2D eigenvalue weighted by Crippen LogP contribution is -2.51. The van der Waals surface area contributed by atoms with E-state index in [1.807, 2.05) is 13.8 Å². The summed E-state index contributed by atoms with van der Waals surface area (Å²) < 4.78 is 76.7. The summed E-state index contributed by atoms with van der Waals surface area (Å²) in [6.45, 7) is 10.9. The summed E-state index contributed by atoms with van der Waals surface area (Å²) in [5.74, 6) is 2.71. The number of allylic oxidation sites excluding steroid dienone is 1. The fourth-order valence-electron chi connectivity index (χ4n) is 9.12. The Morgan fingerprint density at radius 1 is 0.946 bits per heavy atom. The lowest BCUT2D eigenvalue weighted by molar-refractivity contribution is -0.0566. The zero-order chi connectivity index (χ0) is 27.4. The highest BCUT2D eigenvalue weighted by Crippen LogP contribution is 2.67. The molecule has 4 aliphatic rings. The van der Waals surface area contributed by atoms with Gasteiger partial charge in [-0.3, -0.25) is 8.37 Å². The van der Waals surface area contributed by atoms with E-state index in [1.54, 1.807) is 0 Å². The van der Waals surface area contributed by atoms with E-state index in [2.05, 4.69) is 26.8 Å². The molecule has 214 valence electrons. The molecule has 0 N–H and O–H groups in total. The van der Waals surface area contributed by atoms with Crippen LogP contribution in [0.4, 0.5) is 0 Å². The van der Waals surface area contributed by atoms with E-state index in [-0.39, 0.29) is 16.7 Å². The molecule has 0 spiro atoms. The van der Waals surface area contributed by atoms with Crippen molar-refractivity contribution >= 4 is 20.8 Å². The fourth-order valence-corrected chi connectivity index (χ4v) is 10.2. The summed E-state index contributed by atoms with van der Waals surface area (Å²) in [4.78, 5) is 0. The Balaban J connectivity index is 1.44. The molecule has 9 atom stereocenters. The van der Waals surface area contributed by atoms with Crippen LogP contribution in [0.15, 0.2) is 11.6 Å². The van der Waals surface area contributed by atoms with Crippen LogP contribution in [0.25, 0.3) is 0 Å². The Hall–Kier alpha value is -0.520. The molecule has 0 unspecified atom stereocenters. The Kier molecular flexibility index (Phi) is 8.34. The van der Waals surface area contributed by atoms with Crippen LogP contribution in [0, 0.1) is 46.3 Å². The topological polar surface area (TPSA) is 133 Å². The zero-order valence-corrected chi connectivity index (χ0v) is 24.5. The molecule has 0 amide bonds. The zero-order valence-electron chi connectivity index (χ0n) is 22.8. The molecular weight excluding hydrogens is 516 g/mol. The van der Waals surface area contributed by atoms with Crippen LogP contribution in [0.5, 0.6) is 0 Å². The predicted molar refractivity (Wildman–Crippen MR) is 138 cm³/mol. The molecule has 0 saturated heterocycles. The molecular formula is C27H44O8S2-2. The monoisotopic (exact) mass is 560 g/mol. The second kappa shape index (κ2) is 10.5. The highest BCUT2D eigenvalue weighted by Gasteiger charge is 2.59. The van der Waals surface area contributed by atoms with Crippen LogP contribution >= 0.6 is 0 Å². The third-order valence-electron chi connectivity index (χ3n) is 11.0. The quantitative estimate of drug-likeness (QED) is 0.210. The Morgan fingerprint density at radius 2 is 1.65 bits per heavy atom. The number of hydrogen-bond donors (Lipinski definition) is 0. The van der Waals surface area contributed by atoms with Crippen LogP contribution in [0.1, 0.15) is 98.8 Å². The first-order chi connectivity index (χ1) is 17.0. The normalized spacial score (nSPS) is 39.9. The second-order valence-electron chi connectivity index (χ2n) is 13.2. The molecule has 3 fully saturated rings. The largest absolute Gasteiger partial charge is 0.726 e. The highest BCUT2D eigenvalue weighted by atomic mass is 32.3. The summed E-state index contributed by atoms with van der Waals surface area (Å²) in [5, 5.41) is 0. The molecule has 4 aliphatic carbocycles. The molecule has 3 saturated carbocycles. The SMILES string of the molecule is CC(C)[C@H](CC[C@@H](C)[C@H]1CC[C@H]2[C@@H]3CC=C4C[C@@H](OS(=O)(=O)[O-])CC[C@]4(C)[C@H]3CC[C@]12C)OS(=O)(=O)[O-]. The Morgan fingerprint density at radius 3 is 2.27 bits per heavy atom. The van der Waals surface area contributed by atoms with E-state index >= 15 is 0 Å². The molecule has 10 heteroatoms. The third-order valence-corrected chi connectivity index (χ3v) is 12.0. The van der Waals surface area contributed by atoms with E-state index in [0.717, 1.165) is 32.1 Å². The number of hydrogen-bond acceptors (Lipinski definition) is 8. The van der Waals surface area contributed by atoms with Gasteiger partial charge in [-0.2, -0.15) is 0 Å². The van der Waals surface area contributed by atoms with Gasteiger partial charge in [-0.15, -0.1) is 0 Å². The van der Waals surface area contributed by atoms with E-state index in [4.69, 9.17) is 8.37 Å². The van der Waals surface area contributed by atoms with Gasteiger partial charge in [0.15, 0.2) is 0 Å². The molecule has 37 heavy (non-hydrogen) atoms. The fraction of sp³-hybridized carbons (Fsp3) is 0.926. The van der Waals surface area contributed by atoms with Gasteiger partial charge in [-0.05, 0) is 111 Å². The van der Waals surface area contributed by atoms with Crippen molar-refractivity contribution in [3.8, 4) is 0 Å². The average Bonchev–Trinajstić information content (AvgIpc) is 3.12. The van der Waals surface area contributed by atoms with Gasteiger partial charge in [-0.25, -0.2) is 16.8 Å². The lowest BCUT2D eigenvalue weighted by Gasteiger charge is -2.58. The molecule has 0 aromatic heterocycles. The van der Waals surface area contributed by atoms with E-state index in [1.165, 1.54) is 18.4 Å². The minimum atomic E-state index is -4.72. The third kappa shape index (κ3) is 6.14. The van der Waals surface area contributed by atoms with Crippen LogP contribution in [-0.4, -0.2) is 38.1 Å². The van der Waals surface area contributed by atoms with E-state index < -0.39 is 33.0 Å². The molecule has 0 aromatic rings. The van der Waals surface area contributed by atoms with Crippen molar-refractivity contribution in [3.05, 3.63) is 11.6 Å². The second-order valence-corrected chi connectivity index (χ2v) is 15.2. The van der Waals surface area contributed by atoms with Crippen molar-refractivity contribution < 1.29 is 34.3 Å². The maximum absolute atomic E-state index is 11.2. The summed E-state index contributed by atoms with van der Waals surface area (Å²) in [5.41, 5.74) is 1.54. The van der Waals surface area contributed by atoms with Gasteiger partial charge >= 0.3 is 0 Å². The van der Waals surface area contributed by atoms with Crippen molar-refractivity contribution in [1.82, 2.24) is 0 Å². The summed E-state index contributed by atoms with van der Waals surface area (Å²) in [6.07, 6.45) is 10.2. The van der Waals surface area contributed by atoms with Crippen LogP contribution < -0.4 is 0 Å². The molecule has 0 aliphatic heterocycles. The minimum absolute atomic E-state index is 0.0338. The first kappa shape index (κ1) is 29.5.